The minimum Gasteiger partial charge on any atom is -0.462 e. The average molecular weight is 777 g/mol. The number of hydrogen-bond acceptors (Lipinski definition) is 6. The van der Waals surface area contributed by atoms with Crippen LogP contribution in [0, 0.1) is 0 Å². The topological polar surface area (TPSA) is 78.9 Å². The molecule has 0 amide bonds. The van der Waals surface area contributed by atoms with Gasteiger partial charge in [0.05, 0.1) is 0 Å². The highest BCUT2D eigenvalue weighted by Crippen LogP contribution is 2.16. The van der Waals surface area contributed by atoms with Crippen LogP contribution in [0.2, 0.25) is 0 Å². The van der Waals surface area contributed by atoms with Crippen LogP contribution in [0.5, 0.6) is 0 Å². The molecule has 324 valence electrons. The Morgan fingerprint density at radius 2 is 0.618 bits per heavy atom. The molecule has 1 atom stereocenters. The molecule has 0 aliphatic carbocycles. The van der Waals surface area contributed by atoms with Gasteiger partial charge in [0.25, 0.3) is 0 Å². The smallest absolute Gasteiger partial charge is 0.306 e. The zero-order valence-corrected chi connectivity index (χ0v) is 37.0. The summed E-state index contributed by atoms with van der Waals surface area (Å²) in [5.41, 5.74) is 0. The molecule has 55 heavy (non-hydrogen) atoms. The molecule has 1 unspecified atom stereocenters. The SMILES string of the molecule is CCCCCC/C=C\CCCC(=O)OCC(COC(=O)CCCCCCCCCCCCCCCCC)OC(=O)CCCCCCCCCCCCCCC. The molecular formula is C49H92O6. The van der Waals surface area contributed by atoms with Crippen molar-refractivity contribution in [2.24, 2.45) is 0 Å². The molecule has 0 bridgehead atoms. The molecule has 0 aromatic carbocycles. The fraction of sp³-hybridized carbons (Fsp3) is 0.898. The maximum Gasteiger partial charge on any atom is 0.306 e. The fourth-order valence-corrected chi connectivity index (χ4v) is 7.09. The number of unbranched alkanes of at least 4 members (excludes halogenated alkanes) is 31. The van der Waals surface area contributed by atoms with Crippen molar-refractivity contribution in [1.29, 1.82) is 0 Å². The van der Waals surface area contributed by atoms with Gasteiger partial charge in [-0.25, -0.2) is 0 Å². The first kappa shape index (κ1) is 53.1. The van der Waals surface area contributed by atoms with Gasteiger partial charge < -0.3 is 14.2 Å². The zero-order valence-electron chi connectivity index (χ0n) is 37.0. The summed E-state index contributed by atoms with van der Waals surface area (Å²) in [4.78, 5) is 37.7. The van der Waals surface area contributed by atoms with Gasteiger partial charge in [0.1, 0.15) is 13.2 Å². The van der Waals surface area contributed by atoms with Crippen LogP contribution < -0.4 is 0 Å². The van der Waals surface area contributed by atoms with Gasteiger partial charge in [0.2, 0.25) is 0 Å². The van der Waals surface area contributed by atoms with E-state index in [1.54, 1.807) is 0 Å². The summed E-state index contributed by atoms with van der Waals surface area (Å²) in [7, 11) is 0. The van der Waals surface area contributed by atoms with Crippen molar-refractivity contribution in [3.63, 3.8) is 0 Å². The monoisotopic (exact) mass is 777 g/mol. The average Bonchev–Trinajstić information content (AvgIpc) is 3.18. The second-order valence-electron chi connectivity index (χ2n) is 16.4. The second-order valence-corrected chi connectivity index (χ2v) is 16.4. The van der Waals surface area contributed by atoms with E-state index < -0.39 is 6.10 Å². The van der Waals surface area contributed by atoms with Crippen molar-refractivity contribution < 1.29 is 28.6 Å². The lowest BCUT2D eigenvalue weighted by atomic mass is 10.0. The molecule has 0 radical (unpaired) electrons. The van der Waals surface area contributed by atoms with E-state index in [9.17, 15) is 14.4 Å². The molecular weight excluding hydrogens is 685 g/mol. The van der Waals surface area contributed by atoms with Gasteiger partial charge in [-0.15, -0.1) is 0 Å². The Kier molecular flexibility index (Phi) is 43.4. The number of ether oxygens (including phenoxy) is 3. The molecule has 0 aliphatic rings. The molecule has 0 saturated carbocycles. The van der Waals surface area contributed by atoms with Gasteiger partial charge in [0.15, 0.2) is 6.10 Å². The highest BCUT2D eigenvalue weighted by Gasteiger charge is 2.19. The van der Waals surface area contributed by atoms with E-state index in [-0.39, 0.29) is 31.1 Å². The summed E-state index contributed by atoms with van der Waals surface area (Å²) in [6.45, 7) is 6.60. The minimum atomic E-state index is -0.772. The van der Waals surface area contributed by atoms with Crippen molar-refractivity contribution >= 4 is 17.9 Å². The van der Waals surface area contributed by atoms with Crippen LogP contribution in [0.25, 0.3) is 0 Å². The predicted octanol–water partition coefficient (Wildman–Crippen LogP) is 15.4. The van der Waals surface area contributed by atoms with Crippen molar-refractivity contribution in [1.82, 2.24) is 0 Å². The number of esters is 3. The number of carbonyl (C=O) groups is 3. The van der Waals surface area contributed by atoms with E-state index in [0.29, 0.717) is 19.3 Å². The van der Waals surface area contributed by atoms with Gasteiger partial charge in [0, 0.05) is 19.3 Å². The first-order valence-electron chi connectivity index (χ1n) is 24.2. The molecule has 0 heterocycles. The van der Waals surface area contributed by atoms with Crippen molar-refractivity contribution in [3.05, 3.63) is 12.2 Å². The molecule has 0 spiro atoms. The summed E-state index contributed by atoms with van der Waals surface area (Å²) in [5.74, 6) is -0.898. The number of rotatable bonds is 44. The van der Waals surface area contributed by atoms with Crippen LogP contribution in [0.15, 0.2) is 12.2 Å². The number of allylic oxidation sites excluding steroid dienone is 2. The lowest BCUT2D eigenvalue weighted by Gasteiger charge is -2.18. The Bertz CT molecular complexity index is 854. The second kappa shape index (κ2) is 44.9. The summed E-state index contributed by atoms with van der Waals surface area (Å²) >= 11 is 0. The predicted molar refractivity (Wildman–Crippen MR) is 233 cm³/mol. The molecule has 0 aromatic heterocycles. The lowest BCUT2D eigenvalue weighted by molar-refractivity contribution is -0.167. The van der Waals surface area contributed by atoms with E-state index >= 15 is 0 Å². The molecule has 0 fully saturated rings. The standard InChI is InChI=1S/C49H92O6/c1-4-7-10-13-16-19-21-23-24-26-27-30-33-36-39-42-48(51)54-45-46(44-53-47(50)41-38-35-32-29-18-15-12-9-6-3)55-49(52)43-40-37-34-31-28-25-22-20-17-14-11-8-5-2/h29,32,46H,4-28,30-31,33-45H2,1-3H3/b32-29-. The van der Waals surface area contributed by atoms with Crippen LogP contribution in [0.4, 0.5) is 0 Å². The van der Waals surface area contributed by atoms with Crippen molar-refractivity contribution in [2.45, 2.75) is 271 Å². The van der Waals surface area contributed by atoms with Crippen LogP contribution in [0.1, 0.15) is 265 Å². The summed E-state index contributed by atoms with van der Waals surface area (Å²) < 4.78 is 16.7. The normalized spacial score (nSPS) is 12.0. The van der Waals surface area contributed by atoms with E-state index in [4.69, 9.17) is 14.2 Å². The Balaban J connectivity index is 4.31. The van der Waals surface area contributed by atoms with Gasteiger partial charge in [-0.2, -0.15) is 0 Å². The highest BCUT2D eigenvalue weighted by molar-refractivity contribution is 5.71. The Morgan fingerprint density at radius 3 is 0.982 bits per heavy atom. The first-order valence-corrected chi connectivity index (χ1v) is 24.2. The molecule has 0 aliphatic heterocycles. The van der Waals surface area contributed by atoms with E-state index in [2.05, 4.69) is 32.9 Å². The van der Waals surface area contributed by atoms with Gasteiger partial charge >= 0.3 is 17.9 Å². The van der Waals surface area contributed by atoms with Crippen LogP contribution >= 0.6 is 0 Å². The van der Waals surface area contributed by atoms with Crippen LogP contribution in [0.3, 0.4) is 0 Å². The largest absolute Gasteiger partial charge is 0.462 e. The molecule has 0 aromatic rings. The van der Waals surface area contributed by atoms with Gasteiger partial charge in [-0.05, 0) is 38.5 Å². The molecule has 0 saturated heterocycles. The van der Waals surface area contributed by atoms with E-state index in [0.717, 1.165) is 57.8 Å². The number of hydrogen-bond donors (Lipinski definition) is 0. The number of carbonyl (C=O) groups excluding carboxylic acids is 3. The molecule has 6 heteroatoms. The van der Waals surface area contributed by atoms with Crippen LogP contribution in [-0.4, -0.2) is 37.2 Å². The van der Waals surface area contributed by atoms with E-state index in [1.807, 2.05) is 0 Å². The third-order valence-corrected chi connectivity index (χ3v) is 10.8. The first-order chi connectivity index (χ1) is 27.0. The summed E-state index contributed by atoms with van der Waals surface area (Å²) in [6.07, 6.45) is 47.7. The molecule has 0 rings (SSSR count). The minimum absolute atomic E-state index is 0.0734. The van der Waals surface area contributed by atoms with E-state index in [1.165, 1.54) is 167 Å². The van der Waals surface area contributed by atoms with Gasteiger partial charge in [-0.3, -0.25) is 14.4 Å². The summed E-state index contributed by atoms with van der Waals surface area (Å²) in [6, 6.07) is 0. The Hall–Kier alpha value is -1.85. The Labute approximate surface area is 341 Å². The quantitative estimate of drug-likeness (QED) is 0.0265. The Morgan fingerprint density at radius 1 is 0.345 bits per heavy atom. The third kappa shape index (κ3) is 43.1. The van der Waals surface area contributed by atoms with Crippen molar-refractivity contribution in [3.8, 4) is 0 Å². The fourth-order valence-electron chi connectivity index (χ4n) is 7.09. The van der Waals surface area contributed by atoms with Gasteiger partial charge in [-0.1, -0.05) is 219 Å². The maximum absolute atomic E-state index is 12.7. The molecule has 0 N–H and O–H groups in total. The maximum atomic E-state index is 12.7. The lowest BCUT2D eigenvalue weighted by Crippen LogP contribution is -2.30. The van der Waals surface area contributed by atoms with Crippen LogP contribution in [-0.2, 0) is 28.6 Å². The zero-order chi connectivity index (χ0) is 40.1. The van der Waals surface area contributed by atoms with Crippen molar-refractivity contribution in [2.75, 3.05) is 13.2 Å². The molecule has 6 nitrogen and oxygen atoms in total. The highest BCUT2D eigenvalue weighted by atomic mass is 16.6. The third-order valence-electron chi connectivity index (χ3n) is 10.8. The summed E-state index contributed by atoms with van der Waals surface area (Å²) in [5, 5.41) is 0.